The molecular weight excluding hydrogens is 127 g/mol. The molecule has 0 bridgehead atoms. The molecule has 0 spiro atoms. The summed E-state index contributed by atoms with van der Waals surface area (Å²) in [4.78, 5) is 0. The fourth-order valence-corrected chi connectivity index (χ4v) is 0. The highest BCUT2D eigenvalue weighted by Crippen LogP contribution is 0.861. The summed E-state index contributed by atoms with van der Waals surface area (Å²) >= 11 is 0. The van der Waals surface area contributed by atoms with Gasteiger partial charge in [-0.05, 0) is 9.68 Å². The molecule has 0 fully saturated rings. The molecule has 0 aliphatic carbocycles. The van der Waals surface area contributed by atoms with Gasteiger partial charge in [0.05, 0.1) is 0 Å². The molecule has 0 unspecified atom stereocenters. The highest BCUT2D eigenvalue weighted by atomic mass is 31.0. The van der Waals surface area contributed by atoms with E-state index in [2.05, 4.69) is 0 Å². The highest BCUT2D eigenvalue weighted by molar-refractivity contribution is 6.92. The number of hydrogen-bond donors (Lipinski definition) is 0. The molecule has 0 N–H and O–H groups in total. The minimum atomic E-state index is -3.39. The second-order valence-electron chi connectivity index (χ2n) is 0. The van der Waals surface area contributed by atoms with E-state index in [4.69, 9.17) is 5.11 Å². The molecule has 114 valence electrons. The van der Waals surface area contributed by atoms with Crippen LogP contribution >= 0.6 is 9.68 Å². The summed E-state index contributed by atoms with van der Waals surface area (Å²) in [6.07, 6.45) is 0. The SMILES string of the molecule is C.C.C.C.C.C.C.C.[3HH].[3HH].[3HH].[3HH].[3HH].[3HH].[3HH].[3HH].[3HH].[3HH].[3HH].[3HH].[3HH].[3HH].[3HH].[3HH].[3HH].[3HH].[3HH].[3HH].[3HH].[3H][P+]([3H])([3H])[3H]. The van der Waals surface area contributed by atoms with E-state index < -0.39 is 9.68 Å². The van der Waals surface area contributed by atoms with Crippen molar-refractivity contribution in [2.75, 3.05) is 0 Å². The molecule has 0 aliphatic rings. The van der Waals surface area contributed by atoms with Crippen LogP contribution in [0.25, 0.3) is 0 Å². The van der Waals surface area contributed by atoms with Gasteiger partial charge in [-0.3, -0.25) is 0 Å². The topological polar surface area (TPSA) is 0 Å². The Hall–Kier alpha value is 0.430. The molecule has 0 radical (unpaired) electrons. The van der Waals surface area contributed by atoms with E-state index >= 15 is 0 Å². The van der Waals surface area contributed by atoms with Crippen LogP contribution < -0.4 is 0 Å². The summed E-state index contributed by atoms with van der Waals surface area (Å²) < 4.78 is 24.2. The minimum Gasteiger partial charge on any atom is -0.0776 e. The molecule has 9 heavy (non-hydrogen) atoms. The lowest BCUT2D eigenvalue weighted by Gasteiger charge is -0.0786. The van der Waals surface area contributed by atoms with Gasteiger partial charge in [-0.2, -0.15) is 0 Å². The molecule has 1 heteroatoms. The predicted octanol–water partition coefficient (Wildman–Crippen LogP) is 10.0. The summed E-state index contributed by atoms with van der Waals surface area (Å²) in [5.41, 5.74) is 0. The average molecular weight is 256 g/mol. The van der Waals surface area contributed by atoms with Crippen LogP contribution in [-0.2, 0) is 0 Å². The van der Waals surface area contributed by atoms with Crippen LogP contribution in [0.4, 0.5) is 0 Å². The van der Waals surface area contributed by atoms with Crippen molar-refractivity contribution in [2.45, 2.75) is 59.4 Å². The monoisotopic (exact) mass is 256 g/mol. The lowest BCUT2D eigenvalue weighted by Crippen LogP contribution is 0.143. The number of hydrogen-bond acceptors (Lipinski definition) is 0. The van der Waals surface area contributed by atoms with Gasteiger partial charge < -0.3 is 0 Å². The summed E-state index contributed by atoms with van der Waals surface area (Å²) in [6, 6.07) is 0. The van der Waals surface area contributed by atoms with Gasteiger partial charge in [0.1, 0.15) is 0 Å². The molecule has 0 heterocycles. The molecule has 0 amide bonds. The molecule has 0 nitrogen and oxygen atoms in total. The third-order valence-electron chi connectivity index (χ3n) is 0. The van der Waals surface area contributed by atoms with Crippen LogP contribution in [0.3, 0.4) is 0 Å². The Labute approximate surface area is 106 Å². The second-order valence-corrected chi connectivity index (χ2v) is 0. The Kier molecular flexibility index (Phi) is 9550. The summed E-state index contributed by atoms with van der Waals surface area (Å²) in [6.45, 7) is 0. The lowest BCUT2D eigenvalue weighted by atomic mass is 12.0. The van der Waals surface area contributed by atoms with Crippen LogP contribution in [-0.4, -0.2) is 5.11 Å². The Bertz CT molecular complexity index is 48.4. The van der Waals surface area contributed by atoms with Crippen molar-refractivity contribution >= 4 is 9.68 Å². The smallest absolute Gasteiger partial charge is 0.0776 e. The van der Waals surface area contributed by atoms with Crippen molar-refractivity contribution in [1.29, 1.82) is 5.11 Å². The van der Waals surface area contributed by atoms with E-state index in [1.54, 1.807) is 0 Å². The van der Waals surface area contributed by atoms with Crippen molar-refractivity contribution in [3.8, 4) is 0 Å². The quantitative estimate of drug-likeness (QED) is 0.378. The molecule has 0 saturated carbocycles. The first kappa shape index (κ1) is 34.1. The van der Waals surface area contributed by atoms with E-state index in [0.717, 1.165) is 0 Å². The summed E-state index contributed by atoms with van der Waals surface area (Å²) in [7, 11) is -3.39. The van der Waals surface area contributed by atoms with E-state index in [0.29, 0.717) is 0 Å². The van der Waals surface area contributed by atoms with Crippen LogP contribution in [0.5, 0.6) is 0 Å². The Balaban J connectivity index is -0.000000000197. The van der Waals surface area contributed by atoms with Gasteiger partial charge in [-0.1, -0.05) is 59.4 Å². The molecule has 0 rings (SSSR count). The van der Waals surface area contributed by atoms with Gasteiger partial charge in [0.25, 0.3) is 5.11 Å². The highest BCUT2D eigenvalue weighted by Gasteiger charge is -0.0393. The predicted molar refractivity (Wildman–Crippen MR) is 111 cm³/mol. The van der Waals surface area contributed by atoms with E-state index in [-0.39, 0.29) is 89.4 Å². The Morgan fingerprint density at radius 1 is 0.667 bits per heavy atom. The van der Waals surface area contributed by atoms with Crippen LogP contribution in [0.1, 0.15) is 89.4 Å². The fourth-order valence-electron chi connectivity index (χ4n) is 0. The zero-order valence-corrected chi connectivity index (χ0v) is 1.34. The van der Waals surface area contributed by atoms with Crippen molar-refractivity contribution in [3.63, 3.8) is 0 Å². The Morgan fingerprint density at radius 2 is 0.667 bits per heavy atom. The van der Waals surface area contributed by atoms with Crippen molar-refractivity contribution in [3.05, 3.63) is 0 Å². The van der Waals surface area contributed by atoms with Crippen molar-refractivity contribution < 1.29 is 30.0 Å². The fraction of sp³-hybridized carbons (Fsp3) is 1.00. The largest absolute Gasteiger partial charge is 0.260 e. The van der Waals surface area contributed by atoms with Gasteiger partial charge in [0.15, 0.2) is 0 Å². The van der Waals surface area contributed by atoms with Gasteiger partial charge in [0.2, 0.25) is 0 Å². The molecule has 0 aromatic heterocycles. The molecule has 0 aromatic rings. The first-order valence-electron chi connectivity index (χ1n) is 1.79. The average Bonchev–Trinajstić information content (AvgIpc) is 0.722. The molecular formula is C8H78P+. The third-order valence-corrected chi connectivity index (χ3v) is 0. The third kappa shape index (κ3) is 1890. The zero-order valence-electron chi connectivity index (χ0n) is 4.45. The van der Waals surface area contributed by atoms with Gasteiger partial charge in [-0.25, -0.2) is 0 Å². The summed E-state index contributed by atoms with van der Waals surface area (Å²) in [5, 5.41) is 0. The maximum atomic E-state index is 6.05. The standard InChI is InChI=1S/8CH4.H3P.21H2/h8*1H4;1H3;21*1H/p+1/i;;;;;;;;1T3;21*1+2/hT. The van der Waals surface area contributed by atoms with Crippen LogP contribution in [0, 0.1) is 0 Å². The maximum absolute atomic E-state index is 6.05. The van der Waals surface area contributed by atoms with E-state index in [9.17, 15) is 0 Å². The zero-order chi connectivity index (χ0) is 4.50. The second kappa shape index (κ2) is 2520. The van der Waals surface area contributed by atoms with Gasteiger partial charge >= 0.3 is 0 Å². The molecule has 0 saturated heterocycles. The van der Waals surface area contributed by atoms with Gasteiger partial charge in [0, 0.05) is 30.0 Å². The van der Waals surface area contributed by atoms with Crippen molar-refractivity contribution in [1.82, 2.24) is 0 Å². The lowest BCUT2D eigenvalue weighted by molar-refractivity contribution is 2.50. The van der Waals surface area contributed by atoms with Crippen LogP contribution in [0.15, 0.2) is 0 Å². The van der Waals surface area contributed by atoms with Crippen molar-refractivity contribution in [2.24, 2.45) is 0 Å². The minimum absolute atomic E-state index is 0. The number of rotatable bonds is 0. The first-order chi connectivity index (χ1) is 2.00. The van der Waals surface area contributed by atoms with E-state index in [1.165, 1.54) is 0 Å². The normalized spacial score (nSPS) is 7.11. The Morgan fingerprint density at radius 3 is 0.667 bits per heavy atom. The molecule has 0 aliphatic heterocycles. The first-order valence-corrected chi connectivity index (χ1v) is 0. The maximum Gasteiger partial charge on any atom is 0.260 e. The molecule has 0 aromatic carbocycles. The van der Waals surface area contributed by atoms with E-state index in [1.807, 2.05) is 0 Å². The molecule has 0 atom stereocenters. The van der Waals surface area contributed by atoms with Gasteiger partial charge in [-0.15, -0.1) is 0 Å². The van der Waals surface area contributed by atoms with Crippen LogP contribution in [0.2, 0.25) is 0 Å². The summed E-state index contributed by atoms with van der Waals surface area (Å²) in [5.74, 6) is 0.